The number of nitrogens with zero attached hydrogens (tertiary/aromatic N) is 1. The lowest BCUT2D eigenvalue weighted by molar-refractivity contribution is 0.102. The van der Waals surface area contributed by atoms with E-state index < -0.39 is 0 Å². The molecule has 1 heterocycles. The minimum atomic E-state index is -0.0609. The number of guanidine groups is 1. The first-order valence-corrected chi connectivity index (χ1v) is 4.99. The third kappa shape index (κ3) is 4.14. The van der Waals surface area contributed by atoms with E-state index in [2.05, 4.69) is 4.99 Å². The molecule has 0 aliphatic carbocycles. The van der Waals surface area contributed by atoms with Gasteiger partial charge in [0.15, 0.2) is 11.1 Å². The Bertz CT molecular complexity index is 209. The van der Waals surface area contributed by atoms with Crippen LogP contribution >= 0.6 is 11.8 Å². The molecule has 1 unspecified atom stereocenters. The fourth-order valence-electron chi connectivity index (χ4n) is 1.11. The molecule has 5 nitrogen and oxygen atoms in total. The van der Waals surface area contributed by atoms with Gasteiger partial charge in [0.2, 0.25) is 0 Å². The molecule has 1 aliphatic rings. The van der Waals surface area contributed by atoms with Crippen molar-refractivity contribution in [3.63, 3.8) is 0 Å². The van der Waals surface area contributed by atoms with Gasteiger partial charge in [-0.2, -0.15) is 4.99 Å². The van der Waals surface area contributed by atoms with E-state index >= 15 is 0 Å². The zero-order valence-electron chi connectivity index (χ0n) is 7.32. The number of nitrogens with two attached hydrogens (primary N) is 2. The molecule has 0 aromatic carbocycles. The molecule has 5 N–H and O–H groups in total. The SMILES string of the molecule is N=C(N=C(N)N)SC1CCCOC1. The van der Waals surface area contributed by atoms with Crippen molar-refractivity contribution in [3.8, 4) is 0 Å². The molecule has 0 aromatic rings. The molecule has 1 atom stereocenters. The van der Waals surface area contributed by atoms with E-state index in [0.29, 0.717) is 11.9 Å². The van der Waals surface area contributed by atoms with Crippen molar-refractivity contribution >= 4 is 22.9 Å². The zero-order valence-corrected chi connectivity index (χ0v) is 8.14. The van der Waals surface area contributed by atoms with Crippen molar-refractivity contribution in [1.82, 2.24) is 0 Å². The molecule has 1 aliphatic heterocycles. The van der Waals surface area contributed by atoms with E-state index in [1.807, 2.05) is 0 Å². The van der Waals surface area contributed by atoms with Gasteiger partial charge in [-0.05, 0) is 12.8 Å². The quantitative estimate of drug-likeness (QED) is 0.415. The Morgan fingerprint density at radius 1 is 1.54 bits per heavy atom. The van der Waals surface area contributed by atoms with Crippen LogP contribution < -0.4 is 11.5 Å². The minimum absolute atomic E-state index is 0.0609. The number of thioether (sulfide) groups is 1. The molecular formula is C7H14N4OS. The number of rotatable bonds is 1. The Morgan fingerprint density at radius 2 is 2.31 bits per heavy atom. The van der Waals surface area contributed by atoms with Crippen molar-refractivity contribution in [1.29, 1.82) is 5.41 Å². The molecule has 0 amide bonds. The number of hydrogen-bond acceptors (Lipinski definition) is 3. The summed E-state index contributed by atoms with van der Waals surface area (Å²) in [5.41, 5.74) is 10.3. The lowest BCUT2D eigenvalue weighted by atomic mass is 10.2. The smallest absolute Gasteiger partial charge is 0.193 e. The molecule has 0 aromatic heterocycles. The normalized spacial score (nSPS) is 22.3. The van der Waals surface area contributed by atoms with Crippen molar-refractivity contribution < 1.29 is 4.74 Å². The molecule has 0 saturated carbocycles. The fourth-order valence-corrected chi connectivity index (χ4v) is 2.03. The first kappa shape index (κ1) is 10.3. The van der Waals surface area contributed by atoms with Gasteiger partial charge >= 0.3 is 0 Å². The maximum absolute atomic E-state index is 7.42. The van der Waals surface area contributed by atoms with E-state index in [1.54, 1.807) is 0 Å². The maximum Gasteiger partial charge on any atom is 0.193 e. The van der Waals surface area contributed by atoms with E-state index in [0.717, 1.165) is 19.4 Å². The predicted molar refractivity (Wildman–Crippen MR) is 55.0 cm³/mol. The average molecular weight is 202 g/mol. The highest BCUT2D eigenvalue weighted by Crippen LogP contribution is 2.21. The van der Waals surface area contributed by atoms with Gasteiger partial charge in [0.25, 0.3) is 0 Å². The highest BCUT2D eigenvalue weighted by atomic mass is 32.2. The van der Waals surface area contributed by atoms with Crippen molar-refractivity contribution in [2.24, 2.45) is 16.5 Å². The summed E-state index contributed by atoms with van der Waals surface area (Å²) in [6, 6.07) is 0. The van der Waals surface area contributed by atoms with Crippen LogP contribution in [0.2, 0.25) is 0 Å². The molecule has 0 bridgehead atoms. The van der Waals surface area contributed by atoms with Crippen LogP contribution in [0.15, 0.2) is 4.99 Å². The van der Waals surface area contributed by atoms with Crippen molar-refractivity contribution in [2.45, 2.75) is 18.1 Å². The Balaban J connectivity index is 2.30. The first-order valence-electron chi connectivity index (χ1n) is 4.11. The van der Waals surface area contributed by atoms with E-state index in [-0.39, 0.29) is 11.1 Å². The summed E-state index contributed by atoms with van der Waals surface area (Å²) in [6.45, 7) is 1.51. The molecule has 1 saturated heterocycles. The molecule has 6 heteroatoms. The monoisotopic (exact) mass is 202 g/mol. The molecule has 13 heavy (non-hydrogen) atoms. The number of aliphatic imine (C=N–C) groups is 1. The van der Waals surface area contributed by atoms with Crippen molar-refractivity contribution in [2.75, 3.05) is 13.2 Å². The fraction of sp³-hybridized carbons (Fsp3) is 0.714. The Labute approximate surface area is 81.4 Å². The van der Waals surface area contributed by atoms with Gasteiger partial charge in [-0.3, -0.25) is 5.41 Å². The van der Waals surface area contributed by atoms with Gasteiger partial charge in [0, 0.05) is 11.9 Å². The second-order valence-electron chi connectivity index (χ2n) is 2.80. The third-order valence-corrected chi connectivity index (χ3v) is 2.65. The van der Waals surface area contributed by atoms with Gasteiger partial charge in [0.1, 0.15) is 0 Å². The van der Waals surface area contributed by atoms with Crippen LogP contribution in [-0.2, 0) is 4.74 Å². The van der Waals surface area contributed by atoms with Crippen LogP contribution in [0, 0.1) is 5.41 Å². The summed E-state index contributed by atoms with van der Waals surface area (Å²) in [5, 5.41) is 7.90. The summed E-state index contributed by atoms with van der Waals surface area (Å²) in [7, 11) is 0. The van der Waals surface area contributed by atoms with E-state index in [4.69, 9.17) is 21.6 Å². The lowest BCUT2D eigenvalue weighted by Gasteiger charge is -2.20. The van der Waals surface area contributed by atoms with Crippen molar-refractivity contribution in [3.05, 3.63) is 0 Å². The summed E-state index contributed by atoms with van der Waals surface area (Å²) in [4.78, 5) is 3.63. The van der Waals surface area contributed by atoms with Crippen LogP contribution in [0.4, 0.5) is 0 Å². The van der Waals surface area contributed by atoms with Crippen LogP contribution in [0.1, 0.15) is 12.8 Å². The van der Waals surface area contributed by atoms with Crippen LogP contribution in [0.25, 0.3) is 0 Å². The molecule has 0 spiro atoms. The summed E-state index contributed by atoms with van der Waals surface area (Å²) in [5.74, 6) is -0.0609. The summed E-state index contributed by atoms with van der Waals surface area (Å²) >= 11 is 1.36. The molecule has 1 fully saturated rings. The Kier molecular flexibility index (Phi) is 4.04. The van der Waals surface area contributed by atoms with Gasteiger partial charge < -0.3 is 16.2 Å². The van der Waals surface area contributed by atoms with Crippen LogP contribution in [-0.4, -0.2) is 29.6 Å². The largest absolute Gasteiger partial charge is 0.380 e. The highest BCUT2D eigenvalue weighted by Gasteiger charge is 2.16. The molecule has 74 valence electrons. The topological polar surface area (TPSA) is 97.5 Å². The predicted octanol–water partition coefficient (Wildman–Crippen LogP) is 0.107. The molecular weight excluding hydrogens is 188 g/mol. The average Bonchev–Trinajstić information content (AvgIpc) is 2.04. The summed E-state index contributed by atoms with van der Waals surface area (Å²) in [6.07, 6.45) is 2.11. The lowest BCUT2D eigenvalue weighted by Crippen LogP contribution is -2.25. The van der Waals surface area contributed by atoms with Crippen LogP contribution in [0.5, 0.6) is 0 Å². The molecule has 1 rings (SSSR count). The first-order chi connectivity index (χ1) is 6.18. The minimum Gasteiger partial charge on any atom is -0.380 e. The van der Waals surface area contributed by atoms with Gasteiger partial charge in [0.05, 0.1) is 6.61 Å². The van der Waals surface area contributed by atoms with E-state index in [1.165, 1.54) is 11.8 Å². The maximum atomic E-state index is 7.42. The van der Waals surface area contributed by atoms with Gasteiger partial charge in [-0.1, -0.05) is 11.8 Å². The zero-order chi connectivity index (χ0) is 9.68. The standard InChI is InChI=1S/C7H14N4OS/c8-6(9)11-7(10)13-5-2-1-3-12-4-5/h5H,1-4H2,(H5,8,9,10,11). The third-order valence-electron chi connectivity index (χ3n) is 1.63. The summed E-state index contributed by atoms with van der Waals surface area (Å²) < 4.78 is 5.26. The van der Waals surface area contributed by atoms with E-state index in [9.17, 15) is 0 Å². The highest BCUT2D eigenvalue weighted by molar-refractivity contribution is 8.14. The Morgan fingerprint density at radius 3 is 2.85 bits per heavy atom. The van der Waals surface area contributed by atoms with Gasteiger partial charge in [-0.25, -0.2) is 0 Å². The number of amidine groups is 1. The number of hydrogen-bond donors (Lipinski definition) is 3. The number of ether oxygens (including phenoxy) is 1. The van der Waals surface area contributed by atoms with Gasteiger partial charge in [-0.15, -0.1) is 0 Å². The molecule has 0 radical (unpaired) electrons. The Hall–Kier alpha value is -0.750. The second-order valence-corrected chi connectivity index (χ2v) is 4.09. The number of nitrogens with one attached hydrogen (secondary N) is 1. The second kappa shape index (κ2) is 5.08. The van der Waals surface area contributed by atoms with Crippen LogP contribution in [0.3, 0.4) is 0 Å².